The molecule has 2 heterocycles. The van der Waals surface area contributed by atoms with Crippen LogP contribution >= 0.6 is 0 Å². The van der Waals surface area contributed by atoms with Gasteiger partial charge >= 0.3 is 0 Å². The molecule has 0 saturated heterocycles. The number of methoxy groups -OCH3 is 1. The zero-order chi connectivity index (χ0) is 18.3. The van der Waals surface area contributed by atoms with Crippen LogP contribution in [0.4, 0.5) is 10.1 Å². The lowest BCUT2D eigenvalue weighted by atomic mass is 10.1. The summed E-state index contributed by atoms with van der Waals surface area (Å²) in [7, 11) is 1.47. The van der Waals surface area contributed by atoms with Crippen LogP contribution in [0.25, 0.3) is 33.8 Å². The number of fused-ring (bicyclic) bond motifs is 1. The van der Waals surface area contributed by atoms with Crippen molar-refractivity contribution in [3.63, 3.8) is 0 Å². The summed E-state index contributed by atoms with van der Waals surface area (Å²) in [6.45, 7) is 0. The van der Waals surface area contributed by atoms with Gasteiger partial charge in [-0.25, -0.2) is 9.37 Å². The van der Waals surface area contributed by atoms with Crippen molar-refractivity contribution in [1.82, 2.24) is 20.2 Å². The molecular formula is C17H12FN5O3. The van der Waals surface area contributed by atoms with Gasteiger partial charge in [0.25, 0.3) is 5.69 Å². The van der Waals surface area contributed by atoms with Gasteiger partial charge in [0.1, 0.15) is 17.3 Å². The molecule has 0 aliphatic carbocycles. The second-order valence-corrected chi connectivity index (χ2v) is 5.56. The van der Waals surface area contributed by atoms with Crippen LogP contribution in [-0.4, -0.2) is 32.2 Å². The molecule has 0 aliphatic heterocycles. The Hall–Kier alpha value is -3.75. The first-order chi connectivity index (χ1) is 12.5. The number of ether oxygens (including phenoxy) is 1. The fraction of sp³-hybridized carbons (Fsp3) is 0.0588. The molecule has 0 amide bonds. The Morgan fingerprint density at radius 1 is 1.19 bits per heavy atom. The van der Waals surface area contributed by atoms with Crippen molar-refractivity contribution >= 4 is 16.7 Å². The van der Waals surface area contributed by atoms with Crippen molar-refractivity contribution in [2.24, 2.45) is 0 Å². The number of hydrogen-bond acceptors (Lipinski definition) is 5. The van der Waals surface area contributed by atoms with Crippen LogP contribution in [0.15, 0.2) is 42.5 Å². The average molecular weight is 353 g/mol. The predicted octanol–water partition coefficient (Wildman–Crippen LogP) is 3.68. The number of hydrogen-bond donors (Lipinski definition) is 2. The number of nitro benzene ring substituents is 1. The lowest BCUT2D eigenvalue weighted by molar-refractivity contribution is -0.384. The molecule has 0 fully saturated rings. The number of imidazole rings is 1. The molecule has 0 unspecified atom stereocenters. The molecule has 4 aromatic rings. The zero-order valence-corrected chi connectivity index (χ0v) is 13.5. The lowest BCUT2D eigenvalue weighted by Gasteiger charge is -2.02. The van der Waals surface area contributed by atoms with Gasteiger partial charge in [-0.05, 0) is 24.3 Å². The number of aromatic amines is 2. The van der Waals surface area contributed by atoms with Crippen LogP contribution in [-0.2, 0) is 0 Å². The van der Waals surface area contributed by atoms with Gasteiger partial charge in [-0.15, -0.1) is 0 Å². The molecule has 0 radical (unpaired) electrons. The molecular weight excluding hydrogens is 341 g/mol. The summed E-state index contributed by atoms with van der Waals surface area (Å²) in [6.07, 6.45) is 0. The van der Waals surface area contributed by atoms with Gasteiger partial charge in [0.15, 0.2) is 5.82 Å². The Kier molecular flexibility index (Phi) is 3.61. The highest BCUT2D eigenvalue weighted by Gasteiger charge is 2.15. The topological polar surface area (TPSA) is 110 Å². The Bertz CT molecular complexity index is 1130. The molecule has 0 aliphatic rings. The number of nitrogens with zero attached hydrogens (tertiary/aromatic N) is 3. The molecule has 9 heteroatoms. The van der Waals surface area contributed by atoms with Gasteiger partial charge < -0.3 is 9.72 Å². The number of rotatable bonds is 4. The Labute approximate surface area is 145 Å². The molecule has 0 spiro atoms. The van der Waals surface area contributed by atoms with E-state index in [-0.39, 0.29) is 5.69 Å². The third kappa shape index (κ3) is 2.65. The number of H-pyrrole nitrogens is 2. The van der Waals surface area contributed by atoms with Gasteiger partial charge in [0.05, 0.1) is 28.8 Å². The number of nitrogens with one attached hydrogen (secondary N) is 2. The van der Waals surface area contributed by atoms with E-state index in [0.29, 0.717) is 39.6 Å². The normalized spacial score (nSPS) is 11.0. The third-order valence-electron chi connectivity index (χ3n) is 3.96. The van der Waals surface area contributed by atoms with Crippen molar-refractivity contribution in [3.05, 3.63) is 58.4 Å². The van der Waals surface area contributed by atoms with E-state index < -0.39 is 10.7 Å². The highest BCUT2D eigenvalue weighted by molar-refractivity contribution is 5.81. The van der Waals surface area contributed by atoms with Gasteiger partial charge in [-0.2, -0.15) is 5.10 Å². The van der Waals surface area contributed by atoms with E-state index in [1.54, 1.807) is 24.3 Å². The van der Waals surface area contributed by atoms with Crippen molar-refractivity contribution in [3.8, 4) is 28.5 Å². The maximum Gasteiger partial charge on any atom is 0.271 e. The van der Waals surface area contributed by atoms with Crippen molar-refractivity contribution < 1.29 is 14.1 Å². The van der Waals surface area contributed by atoms with Gasteiger partial charge in [0, 0.05) is 23.8 Å². The Balaban J connectivity index is 1.72. The molecule has 8 nitrogen and oxygen atoms in total. The molecule has 26 heavy (non-hydrogen) atoms. The monoisotopic (exact) mass is 353 g/mol. The average Bonchev–Trinajstić information content (AvgIpc) is 3.27. The van der Waals surface area contributed by atoms with Crippen LogP contribution in [0.5, 0.6) is 5.75 Å². The van der Waals surface area contributed by atoms with Gasteiger partial charge in [-0.1, -0.05) is 0 Å². The first-order valence-corrected chi connectivity index (χ1v) is 7.59. The summed E-state index contributed by atoms with van der Waals surface area (Å²) in [6, 6.07) is 10.5. The van der Waals surface area contributed by atoms with E-state index in [1.807, 2.05) is 0 Å². The first-order valence-electron chi connectivity index (χ1n) is 7.59. The molecule has 2 aromatic carbocycles. The molecule has 2 aromatic heterocycles. The second kappa shape index (κ2) is 5.96. The van der Waals surface area contributed by atoms with Crippen LogP contribution < -0.4 is 4.74 Å². The Morgan fingerprint density at radius 3 is 2.77 bits per heavy atom. The maximum atomic E-state index is 14.2. The fourth-order valence-corrected chi connectivity index (χ4v) is 2.65. The smallest absolute Gasteiger partial charge is 0.271 e. The molecule has 0 bridgehead atoms. The number of nitro groups is 1. The highest BCUT2D eigenvalue weighted by atomic mass is 19.1. The zero-order valence-electron chi connectivity index (χ0n) is 13.5. The maximum absolute atomic E-state index is 14.2. The van der Waals surface area contributed by atoms with E-state index in [9.17, 15) is 14.5 Å². The van der Waals surface area contributed by atoms with Crippen molar-refractivity contribution in [2.75, 3.05) is 7.11 Å². The minimum absolute atomic E-state index is 0.0293. The van der Waals surface area contributed by atoms with E-state index in [0.717, 1.165) is 0 Å². The standard InChI is InChI=1S/C17H12FN5O3/c1-26-10-3-4-11(12(18)7-10)14-8-16(22-21-14)17-19-13-5-2-9(23(24)25)6-15(13)20-17/h2-8H,1H3,(H,19,20)(H,21,22). The van der Waals surface area contributed by atoms with Gasteiger partial charge in [-0.3, -0.25) is 15.2 Å². The quantitative estimate of drug-likeness (QED) is 0.430. The number of benzene rings is 2. The van der Waals surface area contributed by atoms with Crippen molar-refractivity contribution in [2.45, 2.75) is 0 Å². The number of halogens is 1. The van der Waals surface area contributed by atoms with E-state index in [4.69, 9.17) is 4.74 Å². The van der Waals surface area contributed by atoms with Crippen LogP contribution in [0.2, 0.25) is 0 Å². The molecule has 4 rings (SSSR count). The van der Waals surface area contributed by atoms with E-state index in [1.165, 1.54) is 25.3 Å². The molecule has 130 valence electrons. The predicted molar refractivity (Wildman–Crippen MR) is 92.3 cm³/mol. The summed E-state index contributed by atoms with van der Waals surface area (Å²) in [5, 5.41) is 17.8. The lowest BCUT2D eigenvalue weighted by Crippen LogP contribution is -1.88. The van der Waals surface area contributed by atoms with Crippen LogP contribution in [0, 0.1) is 15.9 Å². The van der Waals surface area contributed by atoms with E-state index >= 15 is 0 Å². The summed E-state index contributed by atoms with van der Waals surface area (Å²) in [5.41, 5.74) is 2.34. The second-order valence-electron chi connectivity index (χ2n) is 5.56. The number of non-ortho nitro benzene ring substituents is 1. The summed E-state index contributed by atoms with van der Waals surface area (Å²) < 4.78 is 19.2. The summed E-state index contributed by atoms with van der Waals surface area (Å²) in [4.78, 5) is 17.8. The number of aromatic nitrogens is 4. The van der Waals surface area contributed by atoms with E-state index in [2.05, 4.69) is 20.2 Å². The SMILES string of the molecule is COc1ccc(-c2cc(-c3nc4ccc([N+](=O)[O-])cc4[nH]3)[nH]n2)c(F)c1. The molecule has 2 N–H and O–H groups in total. The first kappa shape index (κ1) is 15.8. The van der Waals surface area contributed by atoms with Crippen LogP contribution in [0.3, 0.4) is 0 Å². The fourth-order valence-electron chi connectivity index (χ4n) is 2.65. The molecule has 0 atom stereocenters. The minimum atomic E-state index is -0.472. The van der Waals surface area contributed by atoms with Crippen LogP contribution in [0.1, 0.15) is 0 Å². The van der Waals surface area contributed by atoms with Gasteiger partial charge in [0.2, 0.25) is 0 Å². The minimum Gasteiger partial charge on any atom is -0.497 e. The van der Waals surface area contributed by atoms with Crippen molar-refractivity contribution in [1.29, 1.82) is 0 Å². The summed E-state index contributed by atoms with van der Waals surface area (Å²) in [5.74, 6) is 0.414. The molecule has 0 saturated carbocycles. The summed E-state index contributed by atoms with van der Waals surface area (Å²) >= 11 is 0. The largest absolute Gasteiger partial charge is 0.497 e. The Morgan fingerprint density at radius 2 is 2.04 bits per heavy atom. The third-order valence-corrected chi connectivity index (χ3v) is 3.96. The highest BCUT2D eigenvalue weighted by Crippen LogP contribution is 2.28.